The van der Waals surface area contributed by atoms with Crippen LogP contribution in [0, 0.1) is 17.8 Å². The van der Waals surface area contributed by atoms with Crippen molar-refractivity contribution in [2.24, 2.45) is 17.8 Å². The van der Waals surface area contributed by atoms with E-state index in [2.05, 4.69) is 12.2 Å². The monoisotopic (exact) mass is 251 g/mol. The molecule has 2 aliphatic rings. The van der Waals surface area contributed by atoms with E-state index in [-0.39, 0.29) is 0 Å². The van der Waals surface area contributed by atoms with Crippen LogP contribution in [0.15, 0.2) is 0 Å². The first kappa shape index (κ1) is 14.4. The van der Waals surface area contributed by atoms with Crippen molar-refractivity contribution >= 4 is 0 Å². The molecule has 2 fully saturated rings. The van der Waals surface area contributed by atoms with Gasteiger partial charge in [-0.15, -0.1) is 0 Å². The summed E-state index contributed by atoms with van der Waals surface area (Å²) in [6, 6.07) is 0. The Morgan fingerprint density at radius 2 is 1.50 bits per heavy atom. The van der Waals surface area contributed by atoms with E-state index in [0.29, 0.717) is 0 Å². The summed E-state index contributed by atoms with van der Waals surface area (Å²) >= 11 is 0. The van der Waals surface area contributed by atoms with Crippen molar-refractivity contribution < 1.29 is 0 Å². The molecule has 0 aromatic rings. The lowest BCUT2D eigenvalue weighted by molar-refractivity contribution is 0.164. The third kappa shape index (κ3) is 4.26. The Hall–Kier alpha value is -0.0400. The summed E-state index contributed by atoms with van der Waals surface area (Å²) in [5.74, 6) is 3.12. The van der Waals surface area contributed by atoms with Crippen LogP contribution in [0.2, 0.25) is 0 Å². The van der Waals surface area contributed by atoms with E-state index in [1.807, 2.05) is 0 Å². The second-order valence-corrected chi connectivity index (χ2v) is 6.66. The van der Waals surface area contributed by atoms with E-state index in [4.69, 9.17) is 0 Å². The molecule has 0 aliphatic heterocycles. The van der Waals surface area contributed by atoms with E-state index in [9.17, 15) is 0 Å². The minimum Gasteiger partial charge on any atom is -0.316 e. The molecule has 0 radical (unpaired) electrons. The molecule has 2 unspecified atom stereocenters. The van der Waals surface area contributed by atoms with E-state index in [1.54, 1.807) is 0 Å². The van der Waals surface area contributed by atoms with Gasteiger partial charge in [-0.05, 0) is 50.1 Å². The van der Waals surface area contributed by atoms with Crippen LogP contribution in [0.3, 0.4) is 0 Å². The number of rotatable bonds is 5. The van der Waals surface area contributed by atoms with Gasteiger partial charge in [0.05, 0.1) is 0 Å². The molecule has 0 aromatic heterocycles. The van der Waals surface area contributed by atoms with E-state index in [0.717, 1.165) is 17.8 Å². The summed E-state index contributed by atoms with van der Waals surface area (Å²) in [6.45, 7) is 4.79. The fourth-order valence-corrected chi connectivity index (χ4v) is 4.31. The summed E-state index contributed by atoms with van der Waals surface area (Å²) in [4.78, 5) is 0. The van der Waals surface area contributed by atoms with Crippen molar-refractivity contribution in [2.75, 3.05) is 13.1 Å². The molecule has 1 heteroatoms. The molecule has 0 bridgehead atoms. The van der Waals surface area contributed by atoms with Gasteiger partial charge in [-0.3, -0.25) is 0 Å². The molecule has 0 aromatic carbocycles. The van der Waals surface area contributed by atoms with Crippen LogP contribution in [0.1, 0.15) is 77.6 Å². The molecular formula is C17H33N. The van der Waals surface area contributed by atoms with Gasteiger partial charge in [-0.1, -0.05) is 58.3 Å². The minimum atomic E-state index is 0.988. The van der Waals surface area contributed by atoms with Crippen LogP contribution in [0.4, 0.5) is 0 Å². The Morgan fingerprint density at radius 3 is 2.22 bits per heavy atom. The molecule has 0 heterocycles. The molecule has 2 saturated carbocycles. The molecule has 18 heavy (non-hydrogen) atoms. The van der Waals surface area contributed by atoms with Crippen molar-refractivity contribution in [2.45, 2.75) is 77.6 Å². The normalized spacial score (nSPS) is 31.2. The molecule has 0 amide bonds. The zero-order chi connectivity index (χ0) is 12.6. The fourth-order valence-electron chi connectivity index (χ4n) is 4.31. The van der Waals surface area contributed by atoms with Gasteiger partial charge in [0.2, 0.25) is 0 Å². The Balaban J connectivity index is 1.88. The van der Waals surface area contributed by atoms with Crippen LogP contribution >= 0.6 is 0 Å². The van der Waals surface area contributed by atoms with Crippen LogP contribution in [0.25, 0.3) is 0 Å². The number of nitrogens with one attached hydrogen (secondary N) is 1. The molecule has 2 atom stereocenters. The van der Waals surface area contributed by atoms with Gasteiger partial charge in [0.15, 0.2) is 0 Å². The lowest BCUT2D eigenvalue weighted by Crippen LogP contribution is -2.33. The summed E-state index contributed by atoms with van der Waals surface area (Å²) in [7, 11) is 0. The standard InChI is InChI=1S/C17H33N/c1-2-13-18-14-16-11-7-4-8-12-17(16)15-9-5-3-6-10-15/h15-18H,2-14H2,1H3. The molecule has 1 nitrogen and oxygen atoms in total. The van der Waals surface area contributed by atoms with E-state index >= 15 is 0 Å². The molecule has 0 saturated heterocycles. The minimum absolute atomic E-state index is 0.988. The number of hydrogen-bond acceptors (Lipinski definition) is 1. The lowest BCUT2D eigenvalue weighted by Gasteiger charge is -2.35. The lowest BCUT2D eigenvalue weighted by atomic mass is 9.72. The highest BCUT2D eigenvalue weighted by Gasteiger charge is 2.30. The Morgan fingerprint density at radius 1 is 0.833 bits per heavy atom. The van der Waals surface area contributed by atoms with Crippen molar-refractivity contribution in [3.8, 4) is 0 Å². The fraction of sp³-hybridized carbons (Fsp3) is 1.00. The molecule has 2 aliphatic carbocycles. The van der Waals surface area contributed by atoms with Gasteiger partial charge < -0.3 is 5.32 Å². The van der Waals surface area contributed by atoms with Crippen molar-refractivity contribution in [1.82, 2.24) is 5.32 Å². The molecule has 106 valence electrons. The van der Waals surface area contributed by atoms with Crippen molar-refractivity contribution in [1.29, 1.82) is 0 Å². The highest BCUT2D eigenvalue weighted by molar-refractivity contribution is 4.82. The molecule has 0 spiro atoms. The maximum absolute atomic E-state index is 3.70. The van der Waals surface area contributed by atoms with E-state index in [1.165, 1.54) is 83.7 Å². The second-order valence-electron chi connectivity index (χ2n) is 6.66. The predicted octanol–water partition coefficient (Wildman–Crippen LogP) is 4.76. The first-order valence-corrected chi connectivity index (χ1v) is 8.62. The molecule has 1 N–H and O–H groups in total. The Labute approximate surface area is 114 Å². The van der Waals surface area contributed by atoms with Gasteiger partial charge in [0, 0.05) is 0 Å². The van der Waals surface area contributed by atoms with Crippen molar-refractivity contribution in [3.63, 3.8) is 0 Å². The van der Waals surface area contributed by atoms with Crippen molar-refractivity contribution in [3.05, 3.63) is 0 Å². The Bertz CT molecular complexity index is 208. The van der Waals surface area contributed by atoms with Crippen LogP contribution in [-0.4, -0.2) is 13.1 Å². The first-order chi connectivity index (χ1) is 8.92. The third-order valence-corrected chi connectivity index (χ3v) is 5.31. The third-order valence-electron chi connectivity index (χ3n) is 5.31. The smallest absolute Gasteiger partial charge is 0.00178 e. The first-order valence-electron chi connectivity index (χ1n) is 8.62. The zero-order valence-corrected chi connectivity index (χ0v) is 12.4. The van der Waals surface area contributed by atoms with E-state index < -0.39 is 0 Å². The van der Waals surface area contributed by atoms with Crippen LogP contribution in [-0.2, 0) is 0 Å². The summed E-state index contributed by atoms with van der Waals surface area (Å²) in [6.07, 6.45) is 16.4. The SMILES string of the molecule is CCCNCC1CCCCCC1C1CCCCC1. The second kappa shape index (κ2) is 8.19. The van der Waals surface area contributed by atoms with Crippen LogP contribution < -0.4 is 5.32 Å². The number of hydrogen-bond donors (Lipinski definition) is 1. The topological polar surface area (TPSA) is 12.0 Å². The molecular weight excluding hydrogens is 218 g/mol. The van der Waals surface area contributed by atoms with Gasteiger partial charge in [0.1, 0.15) is 0 Å². The summed E-state index contributed by atoms with van der Waals surface area (Å²) < 4.78 is 0. The van der Waals surface area contributed by atoms with Crippen LogP contribution in [0.5, 0.6) is 0 Å². The van der Waals surface area contributed by atoms with Gasteiger partial charge >= 0.3 is 0 Å². The summed E-state index contributed by atoms with van der Waals surface area (Å²) in [5, 5.41) is 3.70. The zero-order valence-electron chi connectivity index (χ0n) is 12.4. The highest BCUT2D eigenvalue weighted by atomic mass is 14.9. The highest BCUT2D eigenvalue weighted by Crippen LogP contribution is 2.40. The molecule has 2 rings (SSSR count). The Kier molecular flexibility index (Phi) is 6.54. The largest absolute Gasteiger partial charge is 0.316 e. The summed E-state index contributed by atoms with van der Waals surface area (Å²) in [5.41, 5.74) is 0. The van der Waals surface area contributed by atoms with Gasteiger partial charge in [-0.2, -0.15) is 0 Å². The maximum Gasteiger partial charge on any atom is -0.00178 e. The average Bonchev–Trinajstić information content (AvgIpc) is 2.66. The maximum atomic E-state index is 3.70. The average molecular weight is 251 g/mol. The predicted molar refractivity (Wildman–Crippen MR) is 79.8 cm³/mol. The quantitative estimate of drug-likeness (QED) is 0.548. The van der Waals surface area contributed by atoms with Gasteiger partial charge in [0.25, 0.3) is 0 Å². The van der Waals surface area contributed by atoms with Gasteiger partial charge in [-0.25, -0.2) is 0 Å².